The largest absolute Gasteiger partial charge is 0.271 e. The Hall–Kier alpha value is -2.37. The molecular weight excluding hydrogens is 272 g/mol. The van der Waals surface area contributed by atoms with Crippen molar-refractivity contribution in [1.82, 2.24) is 10.4 Å². The van der Waals surface area contributed by atoms with E-state index in [-0.39, 0.29) is 0 Å². The van der Waals surface area contributed by atoms with Crippen LogP contribution in [0.25, 0.3) is 10.9 Å². The summed E-state index contributed by atoms with van der Waals surface area (Å²) in [6.45, 7) is 0. The molecule has 1 atom stereocenters. The highest BCUT2D eigenvalue weighted by atomic mass is 19.2. The molecule has 21 heavy (non-hydrogen) atoms. The minimum Gasteiger partial charge on any atom is -0.271 e. The number of benzene rings is 2. The molecule has 5 heteroatoms. The van der Waals surface area contributed by atoms with E-state index < -0.39 is 17.7 Å². The summed E-state index contributed by atoms with van der Waals surface area (Å²) in [4.78, 5) is 4.24. The fourth-order valence-electron chi connectivity index (χ4n) is 2.35. The molecule has 1 aromatic heterocycles. The second-order valence-corrected chi connectivity index (χ2v) is 4.73. The van der Waals surface area contributed by atoms with Crippen LogP contribution >= 0.6 is 0 Å². The van der Waals surface area contributed by atoms with Crippen LogP contribution in [0.4, 0.5) is 8.78 Å². The SMILES string of the molecule is NNC(c1ccc(F)c(F)c1)c1ccc2ncccc2c1. The van der Waals surface area contributed by atoms with Crippen molar-refractivity contribution < 1.29 is 8.78 Å². The van der Waals surface area contributed by atoms with Gasteiger partial charge >= 0.3 is 0 Å². The number of rotatable bonds is 3. The van der Waals surface area contributed by atoms with Gasteiger partial charge in [0, 0.05) is 11.6 Å². The van der Waals surface area contributed by atoms with Crippen molar-refractivity contribution in [2.45, 2.75) is 6.04 Å². The van der Waals surface area contributed by atoms with E-state index in [1.165, 1.54) is 6.07 Å². The Morgan fingerprint density at radius 3 is 2.48 bits per heavy atom. The van der Waals surface area contributed by atoms with Crippen LogP contribution in [0.2, 0.25) is 0 Å². The standard InChI is InChI=1S/C16H13F2N3/c17-13-5-3-12(9-14(13)18)16(21-19)11-4-6-15-10(8-11)2-1-7-20-15/h1-9,16,21H,19H2. The predicted octanol–water partition coefficient (Wildman–Crippen LogP) is 3.07. The van der Waals surface area contributed by atoms with E-state index in [1.807, 2.05) is 30.3 Å². The molecule has 1 unspecified atom stereocenters. The van der Waals surface area contributed by atoms with Gasteiger partial charge in [0.05, 0.1) is 11.6 Å². The first kappa shape index (κ1) is 13.6. The van der Waals surface area contributed by atoms with Crippen molar-refractivity contribution in [3.8, 4) is 0 Å². The summed E-state index contributed by atoms with van der Waals surface area (Å²) in [5.41, 5.74) is 4.91. The Balaban J connectivity index is 2.06. The first-order chi connectivity index (χ1) is 10.2. The molecule has 1 heterocycles. The summed E-state index contributed by atoms with van der Waals surface area (Å²) in [7, 11) is 0. The van der Waals surface area contributed by atoms with E-state index in [2.05, 4.69) is 10.4 Å². The van der Waals surface area contributed by atoms with Gasteiger partial charge in [-0.2, -0.15) is 0 Å². The Morgan fingerprint density at radius 2 is 1.71 bits per heavy atom. The zero-order valence-electron chi connectivity index (χ0n) is 11.1. The quantitative estimate of drug-likeness (QED) is 0.574. The van der Waals surface area contributed by atoms with Crippen LogP contribution in [0.1, 0.15) is 17.2 Å². The molecule has 3 aromatic rings. The van der Waals surface area contributed by atoms with Gasteiger partial charge < -0.3 is 0 Å². The fourth-order valence-corrected chi connectivity index (χ4v) is 2.35. The Bertz CT molecular complexity index is 789. The molecular formula is C16H13F2N3. The summed E-state index contributed by atoms with van der Waals surface area (Å²) in [5.74, 6) is 3.82. The number of halogens is 2. The number of hydrogen-bond acceptors (Lipinski definition) is 3. The number of nitrogens with one attached hydrogen (secondary N) is 1. The van der Waals surface area contributed by atoms with Gasteiger partial charge in [-0.1, -0.05) is 18.2 Å². The Labute approximate surface area is 120 Å². The summed E-state index contributed by atoms with van der Waals surface area (Å²) < 4.78 is 26.4. The van der Waals surface area contributed by atoms with Crippen molar-refractivity contribution in [3.05, 3.63) is 77.5 Å². The van der Waals surface area contributed by atoms with Gasteiger partial charge in [-0.15, -0.1) is 0 Å². The second-order valence-electron chi connectivity index (χ2n) is 4.73. The third kappa shape index (κ3) is 2.61. The molecule has 3 nitrogen and oxygen atoms in total. The minimum atomic E-state index is -0.893. The molecule has 0 radical (unpaired) electrons. The van der Waals surface area contributed by atoms with Gasteiger partial charge in [-0.25, -0.2) is 14.2 Å². The summed E-state index contributed by atoms with van der Waals surface area (Å²) in [5, 5.41) is 0.956. The lowest BCUT2D eigenvalue weighted by atomic mass is 9.97. The zero-order valence-corrected chi connectivity index (χ0v) is 11.1. The number of fused-ring (bicyclic) bond motifs is 1. The van der Waals surface area contributed by atoms with Crippen molar-refractivity contribution in [3.63, 3.8) is 0 Å². The minimum absolute atomic E-state index is 0.426. The van der Waals surface area contributed by atoms with Gasteiger partial charge in [0.1, 0.15) is 0 Å². The number of hydrogen-bond donors (Lipinski definition) is 2. The zero-order chi connectivity index (χ0) is 14.8. The number of nitrogens with two attached hydrogens (primary N) is 1. The van der Waals surface area contributed by atoms with E-state index in [0.717, 1.165) is 28.6 Å². The third-order valence-corrected chi connectivity index (χ3v) is 3.40. The molecule has 0 fully saturated rings. The highest BCUT2D eigenvalue weighted by molar-refractivity contribution is 5.79. The van der Waals surface area contributed by atoms with E-state index in [1.54, 1.807) is 6.20 Å². The second kappa shape index (κ2) is 5.55. The highest BCUT2D eigenvalue weighted by Crippen LogP contribution is 2.25. The maximum atomic E-state index is 13.4. The van der Waals surface area contributed by atoms with E-state index in [4.69, 9.17) is 5.84 Å². The van der Waals surface area contributed by atoms with E-state index in [0.29, 0.717) is 5.56 Å². The lowest BCUT2D eigenvalue weighted by Gasteiger charge is -2.17. The normalized spacial score (nSPS) is 12.5. The Morgan fingerprint density at radius 1 is 0.952 bits per heavy atom. The summed E-state index contributed by atoms with van der Waals surface area (Å²) in [6.07, 6.45) is 1.72. The van der Waals surface area contributed by atoms with Crippen LogP contribution in [-0.2, 0) is 0 Å². The molecule has 0 aliphatic heterocycles. The van der Waals surface area contributed by atoms with Gasteiger partial charge in [0.15, 0.2) is 11.6 Å². The van der Waals surface area contributed by atoms with Crippen LogP contribution in [0, 0.1) is 11.6 Å². The monoisotopic (exact) mass is 285 g/mol. The predicted molar refractivity (Wildman–Crippen MR) is 77.3 cm³/mol. The first-order valence-corrected chi connectivity index (χ1v) is 6.45. The molecule has 2 aromatic carbocycles. The molecule has 3 N–H and O–H groups in total. The number of aromatic nitrogens is 1. The van der Waals surface area contributed by atoms with Gasteiger partial charge in [-0.05, 0) is 41.5 Å². The topological polar surface area (TPSA) is 50.9 Å². The van der Waals surface area contributed by atoms with Crippen molar-refractivity contribution in [1.29, 1.82) is 0 Å². The number of nitrogens with zero attached hydrogens (tertiary/aromatic N) is 1. The van der Waals surface area contributed by atoms with E-state index >= 15 is 0 Å². The van der Waals surface area contributed by atoms with Crippen molar-refractivity contribution in [2.24, 2.45) is 5.84 Å². The van der Waals surface area contributed by atoms with Gasteiger partial charge in [-0.3, -0.25) is 10.8 Å². The number of pyridine rings is 1. The van der Waals surface area contributed by atoms with Crippen LogP contribution in [-0.4, -0.2) is 4.98 Å². The van der Waals surface area contributed by atoms with Crippen LogP contribution in [0.3, 0.4) is 0 Å². The number of hydrazine groups is 1. The lowest BCUT2D eigenvalue weighted by molar-refractivity contribution is 0.504. The van der Waals surface area contributed by atoms with Crippen LogP contribution in [0.15, 0.2) is 54.7 Å². The Kier molecular flexibility index (Phi) is 3.60. The highest BCUT2D eigenvalue weighted by Gasteiger charge is 2.15. The maximum absolute atomic E-state index is 13.4. The van der Waals surface area contributed by atoms with Gasteiger partial charge in [0.2, 0.25) is 0 Å². The average molecular weight is 285 g/mol. The molecule has 0 saturated heterocycles. The summed E-state index contributed by atoms with van der Waals surface area (Å²) >= 11 is 0. The molecule has 0 aliphatic carbocycles. The first-order valence-electron chi connectivity index (χ1n) is 6.45. The third-order valence-electron chi connectivity index (χ3n) is 3.40. The molecule has 0 amide bonds. The fraction of sp³-hybridized carbons (Fsp3) is 0.0625. The lowest BCUT2D eigenvalue weighted by Crippen LogP contribution is -2.29. The molecule has 0 bridgehead atoms. The smallest absolute Gasteiger partial charge is 0.159 e. The van der Waals surface area contributed by atoms with Crippen LogP contribution < -0.4 is 11.3 Å². The van der Waals surface area contributed by atoms with Crippen LogP contribution in [0.5, 0.6) is 0 Å². The maximum Gasteiger partial charge on any atom is 0.159 e. The molecule has 106 valence electrons. The van der Waals surface area contributed by atoms with E-state index in [9.17, 15) is 8.78 Å². The average Bonchev–Trinajstić information content (AvgIpc) is 2.51. The molecule has 3 rings (SSSR count). The van der Waals surface area contributed by atoms with Crippen molar-refractivity contribution >= 4 is 10.9 Å². The molecule has 0 aliphatic rings. The molecule has 0 spiro atoms. The molecule has 0 saturated carbocycles. The van der Waals surface area contributed by atoms with Gasteiger partial charge in [0.25, 0.3) is 0 Å². The van der Waals surface area contributed by atoms with Crippen molar-refractivity contribution in [2.75, 3.05) is 0 Å². The summed E-state index contributed by atoms with van der Waals surface area (Å²) in [6, 6.07) is 12.8.